The standard InChI is InChI=1S/C22H24ClFN2O6S/c1-14(21(27)25-20-8-3-16(23)13-19(20)24)32-22(28)15-9-11-26(12-10-15)33(29,30)18-6-4-17(31-2)5-7-18/h3-8,13-15H,9-12H2,1-2H3,(H,25,27). The summed E-state index contributed by atoms with van der Waals surface area (Å²) in [5.41, 5.74) is -0.0793. The van der Waals surface area contributed by atoms with Crippen LogP contribution in [0.4, 0.5) is 10.1 Å². The molecule has 3 rings (SSSR count). The fraction of sp³-hybridized carbons (Fsp3) is 0.364. The van der Waals surface area contributed by atoms with Crippen molar-refractivity contribution in [3.8, 4) is 5.75 Å². The van der Waals surface area contributed by atoms with Gasteiger partial charge < -0.3 is 14.8 Å². The monoisotopic (exact) mass is 498 g/mol. The van der Waals surface area contributed by atoms with E-state index in [-0.39, 0.29) is 41.5 Å². The van der Waals surface area contributed by atoms with Crippen molar-refractivity contribution < 1.29 is 31.9 Å². The van der Waals surface area contributed by atoms with Crippen molar-refractivity contribution in [2.45, 2.75) is 30.8 Å². The molecule has 1 atom stereocenters. The Labute approximate surface area is 196 Å². The number of nitrogens with zero attached hydrogens (tertiary/aromatic N) is 1. The molecule has 0 bridgehead atoms. The van der Waals surface area contributed by atoms with Gasteiger partial charge in [-0.05, 0) is 62.2 Å². The molecule has 11 heteroatoms. The van der Waals surface area contributed by atoms with Crippen LogP contribution in [0, 0.1) is 11.7 Å². The number of sulfonamides is 1. The first-order valence-electron chi connectivity index (χ1n) is 10.2. The number of hydrogen-bond acceptors (Lipinski definition) is 6. The van der Waals surface area contributed by atoms with Crippen LogP contribution >= 0.6 is 11.6 Å². The van der Waals surface area contributed by atoms with Gasteiger partial charge in [0.05, 0.1) is 23.6 Å². The van der Waals surface area contributed by atoms with Crippen molar-refractivity contribution in [2.75, 3.05) is 25.5 Å². The molecule has 1 unspecified atom stereocenters. The van der Waals surface area contributed by atoms with Gasteiger partial charge in [-0.25, -0.2) is 12.8 Å². The average Bonchev–Trinajstić information content (AvgIpc) is 2.80. The number of methoxy groups -OCH3 is 1. The minimum atomic E-state index is -3.70. The van der Waals surface area contributed by atoms with E-state index < -0.39 is 39.7 Å². The Bertz CT molecular complexity index is 1120. The molecule has 2 aromatic carbocycles. The van der Waals surface area contributed by atoms with Gasteiger partial charge in [-0.1, -0.05) is 11.6 Å². The van der Waals surface area contributed by atoms with Gasteiger partial charge in [0.15, 0.2) is 6.10 Å². The Morgan fingerprint density at radius 3 is 2.36 bits per heavy atom. The summed E-state index contributed by atoms with van der Waals surface area (Å²) in [6.07, 6.45) is -0.642. The van der Waals surface area contributed by atoms with Crippen LogP contribution in [0.2, 0.25) is 5.02 Å². The topological polar surface area (TPSA) is 102 Å². The van der Waals surface area contributed by atoms with E-state index in [1.54, 1.807) is 12.1 Å². The van der Waals surface area contributed by atoms with E-state index in [2.05, 4.69) is 5.32 Å². The summed E-state index contributed by atoms with van der Waals surface area (Å²) in [7, 11) is -2.20. The third kappa shape index (κ3) is 6.01. The van der Waals surface area contributed by atoms with Crippen LogP contribution in [0.15, 0.2) is 47.4 Å². The summed E-state index contributed by atoms with van der Waals surface area (Å²) >= 11 is 5.69. The van der Waals surface area contributed by atoms with Crippen LogP contribution in [0.1, 0.15) is 19.8 Å². The summed E-state index contributed by atoms with van der Waals surface area (Å²) in [5.74, 6) is -2.00. The maximum Gasteiger partial charge on any atom is 0.309 e. The molecule has 2 aromatic rings. The minimum Gasteiger partial charge on any atom is -0.497 e. The Balaban J connectivity index is 1.53. The largest absolute Gasteiger partial charge is 0.497 e. The third-order valence-corrected chi connectivity index (χ3v) is 7.48. The predicted molar refractivity (Wildman–Crippen MR) is 120 cm³/mol. The molecular formula is C22H24ClFN2O6S. The fourth-order valence-electron chi connectivity index (χ4n) is 3.38. The predicted octanol–water partition coefficient (Wildman–Crippen LogP) is 3.46. The van der Waals surface area contributed by atoms with Crippen LogP contribution in [0.25, 0.3) is 0 Å². The second-order valence-corrected chi connectivity index (χ2v) is 9.92. The van der Waals surface area contributed by atoms with Gasteiger partial charge in [0.25, 0.3) is 5.91 Å². The Kier molecular flexibility index (Phi) is 7.93. The lowest BCUT2D eigenvalue weighted by Gasteiger charge is -2.30. The van der Waals surface area contributed by atoms with Crippen molar-refractivity contribution in [1.29, 1.82) is 0 Å². The first-order valence-corrected chi connectivity index (χ1v) is 12.0. The van der Waals surface area contributed by atoms with Crippen molar-refractivity contribution in [3.05, 3.63) is 53.3 Å². The summed E-state index contributed by atoms with van der Waals surface area (Å²) in [6, 6.07) is 9.87. The number of carbonyl (C=O) groups is 2. The lowest BCUT2D eigenvalue weighted by Crippen LogP contribution is -2.41. The number of piperidine rings is 1. The van der Waals surface area contributed by atoms with Gasteiger partial charge in [0.1, 0.15) is 11.6 Å². The first kappa shape index (κ1) is 24.9. The molecule has 8 nitrogen and oxygen atoms in total. The number of benzene rings is 2. The van der Waals surface area contributed by atoms with Crippen LogP contribution in [-0.2, 0) is 24.3 Å². The average molecular weight is 499 g/mol. The maximum atomic E-state index is 13.9. The second kappa shape index (κ2) is 10.5. The lowest BCUT2D eigenvalue weighted by atomic mass is 9.98. The van der Waals surface area contributed by atoms with Gasteiger partial charge in [0, 0.05) is 18.1 Å². The highest BCUT2D eigenvalue weighted by Gasteiger charge is 2.34. The molecular weight excluding hydrogens is 475 g/mol. The van der Waals surface area contributed by atoms with Crippen LogP contribution in [-0.4, -0.2) is 50.9 Å². The van der Waals surface area contributed by atoms with Crippen molar-refractivity contribution in [3.63, 3.8) is 0 Å². The molecule has 1 aliphatic rings. The fourth-order valence-corrected chi connectivity index (χ4v) is 5.01. The Hall–Kier alpha value is -2.69. The molecule has 0 spiro atoms. The molecule has 33 heavy (non-hydrogen) atoms. The summed E-state index contributed by atoms with van der Waals surface area (Å²) in [6.45, 7) is 1.67. The van der Waals surface area contributed by atoms with Gasteiger partial charge >= 0.3 is 5.97 Å². The van der Waals surface area contributed by atoms with E-state index in [1.807, 2.05) is 0 Å². The van der Waals surface area contributed by atoms with Gasteiger partial charge in [-0.15, -0.1) is 0 Å². The first-order chi connectivity index (χ1) is 15.6. The Morgan fingerprint density at radius 2 is 1.79 bits per heavy atom. The summed E-state index contributed by atoms with van der Waals surface area (Å²) < 4.78 is 51.1. The van der Waals surface area contributed by atoms with E-state index >= 15 is 0 Å². The molecule has 1 aliphatic heterocycles. The van der Waals surface area contributed by atoms with Crippen LogP contribution in [0.3, 0.4) is 0 Å². The highest BCUT2D eigenvalue weighted by molar-refractivity contribution is 7.89. The number of rotatable bonds is 7. The smallest absolute Gasteiger partial charge is 0.309 e. The molecule has 1 saturated heterocycles. The van der Waals surface area contributed by atoms with E-state index in [4.69, 9.17) is 21.1 Å². The van der Waals surface area contributed by atoms with E-state index in [0.29, 0.717) is 5.75 Å². The van der Waals surface area contributed by atoms with Gasteiger partial charge in [-0.2, -0.15) is 4.31 Å². The van der Waals surface area contributed by atoms with Crippen molar-refractivity contribution in [2.24, 2.45) is 5.92 Å². The zero-order chi connectivity index (χ0) is 24.2. The van der Waals surface area contributed by atoms with Crippen LogP contribution in [0.5, 0.6) is 5.75 Å². The zero-order valence-corrected chi connectivity index (χ0v) is 19.7. The van der Waals surface area contributed by atoms with E-state index in [9.17, 15) is 22.4 Å². The molecule has 1 N–H and O–H groups in total. The molecule has 0 radical (unpaired) electrons. The number of hydrogen-bond donors (Lipinski definition) is 1. The highest BCUT2D eigenvalue weighted by atomic mass is 35.5. The molecule has 0 saturated carbocycles. The number of ether oxygens (including phenoxy) is 2. The highest BCUT2D eigenvalue weighted by Crippen LogP contribution is 2.26. The van der Waals surface area contributed by atoms with Crippen molar-refractivity contribution in [1.82, 2.24) is 4.31 Å². The molecule has 1 fully saturated rings. The number of nitrogens with one attached hydrogen (secondary N) is 1. The third-order valence-electron chi connectivity index (χ3n) is 5.34. The van der Waals surface area contributed by atoms with Crippen LogP contribution < -0.4 is 10.1 Å². The number of amides is 1. The number of anilines is 1. The maximum absolute atomic E-state index is 13.9. The molecule has 0 aliphatic carbocycles. The number of halogens is 2. The summed E-state index contributed by atoms with van der Waals surface area (Å²) in [4.78, 5) is 24.9. The quantitative estimate of drug-likeness (QED) is 0.586. The van der Waals surface area contributed by atoms with Crippen molar-refractivity contribution >= 4 is 39.2 Å². The normalized spacial score (nSPS) is 16.1. The molecule has 178 valence electrons. The Morgan fingerprint density at radius 1 is 1.15 bits per heavy atom. The number of esters is 1. The molecule has 1 amide bonds. The minimum absolute atomic E-state index is 0.0793. The van der Waals surface area contributed by atoms with E-state index in [1.165, 1.54) is 42.6 Å². The number of carbonyl (C=O) groups excluding carboxylic acids is 2. The van der Waals surface area contributed by atoms with Gasteiger partial charge in [0.2, 0.25) is 10.0 Å². The summed E-state index contributed by atoms with van der Waals surface area (Å²) in [5, 5.41) is 2.54. The molecule has 1 heterocycles. The van der Waals surface area contributed by atoms with Gasteiger partial charge in [-0.3, -0.25) is 9.59 Å². The van der Waals surface area contributed by atoms with E-state index in [0.717, 1.165) is 6.07 Å². The zero-order valence-electron chi connectivity index (χ0n) is 18.1. The lowest BCUT2D eigenvalue weighted by molar-refractivity contribution is -0.158. The second-order valence-electron chi connectivity index (χ2n) is 7.55. The SMILES string of the molecule is COc1ccc(S(=O)(=O)N2CCC(C(=O)OC(C)C(=O)Nc3ccc(Cl)cc3F)CC2)cc1. The molecule has 0 aromatic heterocycles.